The molecule has 6 heteroatoms. The van der Waals surface area contributed by atoms with Crippen LogP contribution in [-0.4, -0.2) is 28.8 Å². The van der Waals surface area contributed by atoms with Crippen molar-refractivity contribution in [3.63, 3.8) is 0 Å². The summed E-state index contributed by atoms with van der Waals surface area (Å²) >= 11 is 6.36. The number of piperidine rings is 1. The highest BCUT2D eigenvalue weighted by atomic mass is 35.5. The zero-order valence-electron chi connectivity index (χ0n) is 14.4. The summed E-state index contributed by atoms with van der Waals surface area (Å²) in [5.41, 5.74) is 7.64. The van der Waals surface area contributed by atoms with Gasteiger partial charge in [-0.05, 0) is 31.7 Å². The fourth-order valence-electron chi connectivity index (χ4n) is 3.32. The molecule has 2 N–H and O–H groups in total. The minimum Gasteiger partial charge on any atom is -0.368 e. The highest BCUT2D eigenvalue weighted by Crippen LogP contribution is 2.30. The van der Waals surface area contributed by atoms with Crippen LogP contribution in [0.4, 0.5) is 11.8 Å². The van der Waals surface area contributed by atoms with Crippen molar-refractivity contribution >= 4 is 29.2 Å². The molecule has 1 saturated heterocycles. The van der Waals surface area contributed by atoms with Gasteiger partial charge in [0.25, 0.3) is 0 Å². The topological polar surface area (TPSA) is 72.1 Å². The van der Waals surface area contributed by atoms with Gasteiger partial charge in [-0.3, -0.25) is 4.79 Å². The van der Waals surface area contributed by atoms with E-state index < -0.39 is 0 Å². The standard InChI is InChI=1S/C19H23ClN4O/c1-13-17(20)18(23-19(21)22-13)24-11-5-8-15(12-24)16(25)10-9-14-6-3-2-4-7-14/h2-4,6-7,15H,5,8-12H2,1H3,(H2,21,22,23). The number of Topliss-reactive ketones (excluding diaryl/α,β-unsaturated/α-hetero) is 1. The van der Waals surface area contributed by atoms with Crippen molar-refractivity contribution < 1.29 is 4.79 Å². The molecule has 0 bridgehead atoms. The molecule has 5 nitrogen and oxygen atoms in total. The molecule has 25 heavy (non-hydrogen) atoms. The maximum Gasteiger partial charge on any atom is 0.222 e. The van der Waals surface area contributed by atoms with Gasteiger partial charge in [-0.1, -0.05) is 41.9 Å². The second-order valence-electron chi connectivity index (χ2n) is 6.54. The fraction of sp³-hybridized carbons (Fsp3) is 0.421. The Morgan fingerprint density at radius 2 is 2.08 bits per heavy atom. The van der Waals surface area contributed by atoms with E-state index >= 15 is 0 Å². The Kier molecular flexibility index (Phi) is 5.53. The molecule has 0 spiro atoms. The summed E-state index contributed by atoms with van der Waals surface area (Å²) in [6.45, 7) is 3.29. The molecule has 132 valence electrons. The summed E-state index contributed by atoms with van der Waals surface area (Å²) < 4.78 is 0. The Labute approximate surface area is 153 Å². The number of rotatable bonds is 5. The van der Waals surface area contributed by atoms with Crippen molar-refractivity contribution in [2.24, 2.45) is 5.92 Å². The lowest BCUT2D eigenvalue weighted by atomic mass is 9.90. The Morgan fingerprint density at radius 3 is 2.84 bits per heavy atom. The summed E-state index contributed by atoms with van der Waals surface area (Å²) in [7, 11) is 0. The first-order valence-electron chi connectivity index (χ1n) is 8.66. The lowest BCUT2D eigenvalue weighted by Crippen LogP contribution is -2.39. The van der Waals surface area contributed by atoms with Gasteiger partial charge < -0.3 is 10.6 Å². The van der Waals surface area contributed by atoms with Crippen LogP contribution in [0.25, 0.3) is 0 Å². The maximum absolute atomic E-state index is 12.6. The molecule has 1 unspecified atom stereocenters. The minimum absolute atomic E-state index is 0.0185. The smallest absolute Gasteiger partial charge is 0.222 e. The quantitative estimate of drug-likeness (QED) is 0.886. The van der Waals surface area contributed by atoms with Gasteiger partial charge in [-0.2, -0.15) is 4.98 Å². The van der Waals surface area contributed by atoms with Crippen LogP contribution in [0.1, 0.15) is 30.5 Å². The number of hydrogen-bond acceptors (Lipinski definition) is 5. The molecule has 1 aliphatic heterocycles. The van der Waals surface area contributed by atoms with Crippen molar-refractivity contribution in [2.75, 3.05) is 23.7 Å². The lowest BCUT2D eigenvalue weighted by Gasteiger charge is -2.33. The van der Waals surface area contributed by atoms with Crippen molar-refractivity contribution in [1.82, 2.24) is 9.97 Å². The Balaban J connectivity index is 1.66. The highest BCUT2D eigenvalue weighted by Gasteiger charge is 2.28. The van der Waals surface area contributed by atoms with E-state index in [2.05, 4.69) is 27.0 Å². The SMILES string of the molecule is Cc1nc(N)nc(N2CCCC(C(=O)CCc3ccccc3)C2)c1Cl. The van der Waals surface area contributed by atoms with Gasteiger partial charge >= 0.3 is 0 Å². The first-order valence-corrected chi connectivity index (χ1v) is 9.03. The third kappa shape index (κ3) is 4.28. The summed E-state index contributed by atoms with van der Waals surface area (Å²) in [5, 5.41) is 0.520. The van der Waals surface area contributed by atoms with Crippen LogP contribution < -0.4 is 10.6 Å². The lowest BCUT2D eigenvalue weighted by molar-refractivity contribution is -0.123. The molecule has 0 amide bonds. The van der Waals surface area contributed by atoms with Crippen LogP contribution in [0.5, 0.6) is 0 Å². The summed E-state index contributed by atoms with van der Waals surface area (Å²) in [4.78, 5) is 23.1. The van der Waals surface area contributed by atoms with E-state index in [1.807, 2.05) is 25.1 Å². The maximum atomic E-state index is 12.6. The number of nitrogens with two attached hydrogens (primary N) is 1. The second-order valence-corrected chi connectivity index (χ2v) is 6.92. The zero-order chi connectivity index (χ0) is 17.8. The van der Waals surface area contributed by atoms with Gasteiger partial charge in [-0.15, -0.1) is 0 Å². The van der Waals surface area contributed by atoms with Gasteiger partial charge in [0.2, 0.25) is 5.95 Å². The number of aromatic nitrogens is 2. The minimum atomic E-state index is 0.0185. The normalized spacial score (nSPS) is 17.5. The molecule has 3 rings (SSSR count). The molecule has 2 heterocycles. The van der Waals surface area contributed by atoms with E-state index in [0.29, 0.717) is 35.3 Å². The second kappa shape index (κ2) is 7.83. The first-order chi connectivity index (χ1) is 12.0. The number of nitrogen functional groups attached to an aromatic ring is 1. The van der Waals surface area contributed by atoms with Crippen molar-refractivity contribution in [2.45, 2.75) is 32.6 Å². The number of anilines is 2. The number of carbonyl (C=O) groups is 1. The van der Waals surface area contributed by atoms with Crippen molar-refractivity contribution in [1.29, 1.82) is 0 Å². The molecule has 0 aliphatic carbocycles. The Morgan fingerprint density at radius 1 is 1.32 bits per heavy atom. The van der Waals surface area contributed by atoms with Crippen LogP contribution in [0.3, 0.4) is 0 Å². The van der Waals surface area contributed by atoms with Gasteiger partial charge in [0.05, 0.1) is 5.69 Å². The van der Waals surface area contributed by atoms with Gasteiger partial charge in [0, 0.05) is 25.4 Å². The fourth-order valence-corrected chi connectivity index (χ4v) is 3.53. The molecule has 1 aliphatic rings. The third-order valence-electron chi connectivity index (χ3n) is 4.70. The molecule has 2 aromatic rings. The van der Waals surface area contributed by atoms with Crippen LogP contribution in [0.15, 0.2) is 30.3 Å². The van der Waals surface area contributed by atoms with Crippen LogP contribution >= 0.6 is 11.6 Å². The molecule has 1 aromatic carbocycles. The molecular formula is C19H23ClN4O. The monoisotopic (exact) mass is 358 g/mol. The van der Waals surface area contributed by atoms with Gasteiger partial charge in [0.15, 0.2) is 5.82 Å². The molecule has 1 fully saturated rings. The number of halogens is 1. The number of aryl methyl sites for hydroxylation is 2. The molecule has 0 saturated carbocycles. The largest absolute Gasteiger partial charge is 0.368 e. The number of carbonyl (C=O) groups excluding carboxylic acids is 1. The average Bonchev–Trinajstić information content (AvgIpc) is 2.63. The molecule has 1 atom stereocenters. The van der Waals surface area contributed by atoms with Crippen molar-refractivity contribution in [3.05, 3.63) is 46.6 Å². The van der Waals surface area contributed by atoms with E-state index in [1.54, 1.807) is 0 Å². The third-order valence-corrected chi connectivity index (χ3v) is 5.14. The Bertz CT molecular complexity index is 751. The van der Waals surface area contributed by atoms with Crippen LogP contribution in [-0.2, 0) is 11.2 Å². The number of ketones is 1. The first kappa shape index (κ1) is 17.7. The number of nitrogens with zero attached hydrogens (tertiary/aromatic N) is 3. The summed E-state index contributed by atoms with van der Waals surface area (Å²) in [5.74, 6) is 1.19. The van der Waals surface area contributed by atoms with E-state index in [-0.39, 0.29) is 11.9 Å². The zero-order valence-corrected chi connectivity index (χ0v) is 15.2. The van der Waals surface area contributed by atoms with Gasteiger partial charge in [-0.25, -0.2) is 4.98 Å². The van der Waals surface area contributed by atoms with Gasteiger partial charge in [0.1, 0.15) is 10.8 Å². The summed E-state index contributed by atoms with van der Waals surface area (Å²) in [6, 6.07) is 10.1. The molecular weight excluding hydrogens is 336 g/mol. The average molecular weight is 359 g/mol. The van der Waals surface area contributed by atoms with E-state index in [4.69, 9.17) is 17.3 Å². The van der Waals surface area contributed by atoms with E-state index in [0.717, 1.165) is 25.8 Å². The summed E-state index contributed by atoms with van der Waals surface area (Å²) in [6.07, 6.45) is 3.22. The predicted octanol–water partition coefficient (Wildman–Crippen LogP) is 3.44. The van der Waals surface area contributed by atoms with Crippen LogP contribution in [0.2, 0.25) is 5.02 Å². The molecule has 0 radical (unpaired) electrons. The van der Waals surface area contributed by atoms with E-state index in [1.165, 1.54) is 5.56 Å². The number of benzene rings is 1. The number of hydrogen-bond donors (Lipinski definition) is 1. The van der Waals surface area contributed by atoms with Crippen molar-refractivity contribution in [3.8, 4) is 0 Å². The molecule has 1 aromatic heterocycles. The van der Waals surface area contributed by atoms with Crippen LogP contribution in [0, 0.1) is 12.8 Å². The predicted molar refractivity (Wildman–Crippen MR) is 101 cm³/mol. The highest BCUT2D eigenvalue weighted by molar-refractivity contribution is 6.33. The Hall–Kier alpha value is -2.14. The van der Waals surface area contributed by atoms with E-state index in [9.17, 15) is 4.79 Å².